The molecule has 0 spiro atoms. The lowest BCUT2D eigenvalue weighted by molar-refractivity contribution is -0.384. The van der Waals surface area contributed by atoms with Crippen LogP contribution in [-0.2, 0) is 6.54 Å². The number of pyridine rings is 1. The van der Waals surface area contributed by atoms with Crippen LogP contribution in [0.5, 0.6) is 0 Å². The standard InChI is InChI=1S/C14H12BrN3O3/c1-17(14(19)13-6-5-11(15)8-16-13)9-10-3-2-4-12(7-10)18(20)21/h2-8H,9H2,1H3. The van der Waals surface area contributed by atoms with E-state index in [1.54, 1.807) is 37.5 Å². The zero-order valence-electron chi connectivity index (χ0n) is 11.2. The monoisotopic (exact) mass is 349 g/mol. The maximum Gasteiger partial charge on any atom is 0.272 e. The van der Waals surface area contributed by atoms with Gasteiger partial charge in [-0.3, -0.25) is 14.9 Å². The van der Waals surface area contributed by atoms with Gasteiger partial charge in [0.25, 0.3) is 11.6 Å². The maximum absolute atomic E-state index is 12.2. The number of amides is 1. The predicted octanol–water partition coefficient (Wildman–Crippen LogP) is 3.02. The Labute approximate surface area is 129 Å². The Bertz CT molecular complexity index is 673. The molecule has 0 unspecified atom stereocenters. The molecule has 1 aromatic heterocycles. The molecular weight excluding hydrogens is 338 g/mol. The summed E-state index contributed by atoms with van der Waals surface area (Å²) in [6, 6.07) is 9.58. The van der Waals surface area contributed by atoms with Gasteiger partial charge in [-0.05, 0) is 33.6 Å². The summed E-state index contributed by atoms with van der Waals surface area (Å²) in [5, 5.41) is 10.7. The van der Waals surface area contributed by atoms with Crippen LogP contribution in [0.3, 0.4) is 0 Å². The Morgan fingerprint density at radius 1 is 1.38 bits per heavy atom. The molecule has 2 aromatic rings. The van der Waals surface area contributed by atoms with E-state index in [9.17, 15) is 14.9 Å². The molecule has 0 aliphatic carbocycles. The molecule has 108 valence electrons. The summed E-state index contributed by atoms with van der Waals surface area (Å²) in [7, 11) is 1.63. The highest BCUT2D eigenvalue weighted by Crippen LogP contribution is 2.15. The fourth-order valence-electron chi connectivity index (χ4n) is 1.81. The second-order valence-electron chi connectivity index (χ2n) is 4.45. The predicted molar refractivity (Wildman–Crippen MR) is 80.8 cm³/mol. The smallest absolute Gasteiger partial charge is 0.272 e. The number of hydrogen-bond acceptors (Lipinski definition) is 4. The molecule has 1 heterocycles. The van der Waals surface area contributed by atoms with Crippen molar-refractivity contribution in [3.63, 3.8) is 0 Å². The lowest BCUT2D eigenvalue weighted by Crippen LogP contribution is -2.26. The molecule has 0 N–H and O–H groups in total. The van der Waals surface area contributed by atoms with Gasteiger partial charge < -0.3 is 4.90 Å². The Hall–Kier alpha value is -2.28. The number of nitrogens with zero attached hydrogens (tertiary/aromatic N) is 3. The molecule has 1 amide bonds. The van der Waals surface area contributed by atoms with Gasteiger partial charge in [-0.25, -0.2) is 4.98 Å². The molecule has 0 aliphatic heterocycles. The van der Waals surface area contributed by atoms with Crippen LogP contribution >= 0.6 is 15.9 Å². The largest absolute Gasteiger partial charge is 0.336 e. The number of carbonyl (C=O) groups is 1. The van der Waals surface area contributed by atoms with Crippen LogP contribution in [-0.4, -0.2) is 27.8 Å². The Kier molecular flexibility index (Phi) is 4.64. The number of benzene rings is 1. The molecule has 0 fully saturated rings. The summed E-state index contributed by atoms with van der Waals surface area (Å²) in [6.45, 7) is 0.276. The van der Waals surface area contributed by atoms with Gasteiger partial charge in [0.2, 0.25) is 0 Å². The van der Waals surface area contributed by atoms with Crippen LogP contribution < -0.4 is 0 Å². The van der Waals surface area contributed by atoms with Crippen LogP contribution in [0.4, 0.5) is 5.69 Å². The molecule has 0 aliphatic rings. The van der Waals surface area contributed by atoms with E-state index in [1.165, 1.54) is 17.0 Å². The first-order valence-electron chi connectivity index (χ1n) is 6.07. The molecule has 0 radical (unpaired) electrons. The van der Waals surface area contributed by atoms with E-state index in [-0.39, 0.29) is 18.1 Å². The van der Waals surface area contributed by atoms with Crippen LogP contribution in [0.25, 0.3) is 0 Å². The van der Waals surface area contributed by atoms with Crippen LogP contribution in [0, 0.1) is 10.1 Å². The molecule has 0 atom stereocenters. The van der Waals surface area contributed by atoms with Crippen molar-refractivity contribution in [1.29, 1.82) is 0 Å². The maximum atomic E-state index is 12.2. The first kappa shape index (κ1) is 15.1. The van der Waals surface area contributed by atoms with E-state index in [0.29, 0.717) is 11.3 Å². The Morgan fingerprint density at radius 2 is 2.14 bits per heavy atom. The number of aromatic nitrogens is 1. The zero-order valence-corrected chi connectivity index (χ0v) is 12.8. The third-order valence-electron chi connectivity index (χ3n) is 2.83. The number of nitro groups is 1. The van der Waals surface area contributed by atoms with Gasteiger partial charge >= 0.3 is 0 Å². The fraction of sp³-hybridized carbons (Fsp3) is 0.143. The van der Waals surface area contributed by atoms with E-state index in [2.05, 4.69) is 20.9 Å². The molecule has 0 bridgehead atoms. The lowest BCUT2D eigenvalue weighted by Gasteiger charge is -2.16. The van der Waals surface area contributed by atoms with E-state index >= 15 is 0 Å². The minimum atomic E-state index is -0.457. The second kappa shape index (κ2) is 6.45. The van der Waals surface area contributed by atoms with E-state index in [1.807, 2.05) is 0 Å². The van der Waals surface area contributed by atoms with Gasteiger partial charge in [0.15, 0.2) is 0 Å². The van der Waals surface area contributed by atoms with Crippen molar-refractivity contribution < 1.29 is 9.72 Å². The molecule has 7 heteroatoms. The minimum absolute atomic E-state index is 0.00937. The zero-order chi connectivity index (χ0) is 15.4. The number of nitro benzene ring substituents is 1. The summed E-state index contributed by atoms with van der Waals surface area (Å²) in [4.78, 5) is 28.0. The summed E-state index contributed by atoms with van der Waals surface area (Å²) in [5.41, 5.74) is 1.03. The Morgan fingerprint density at radius 3 is 2.76 bits per heavy atom. The van der Waals surface area contributed by atoms with Gasteiger partial charge in [0.05, 0.1) is 4.92 Å². The normalized spacial score (nSPS) is 10.2. The number of rotatable bonds is 4. The summed E-state index contributed by atoms with van der Waals surface area (Å²) < 4.78 is 0.792. The quantitative estimate of drug-likeness (QED) is 0.627. The molecule has 6 nitrogen and oxygen atoms in total. The van der Waals surface area contributed by atoms with Gasteiger partial charge in [0.1, 0.15) is 5.69 Å². The summed E-state index contributed by atoms with van der Waals surface area (Å²) in [5.74, 6) is -0.242. The molecule has 2 rings (SSSR count). The van der Waals surface area contributed by atoms with Crippen molar-refractivity contribution in [1.82, 2.24) is 9.88 Å². The summed E-state index contributed by atoms with van der Waals surface area (Å²) >= 11 is 3.26. The van der Waals surface area contributed by atoms with Gasteiger partial charge in [-0.15, -0.1) is 0 Å². The topological polar surface area (TPSA) is 76.3 Å². The van der Waals surface area contributed by atoms with Crippen molar-refractivity contribution >= 4 is 27.5 Å². The fourth-order valence-corrected chi connectivity index (χ4v) is 2.05. The highest BCUT2D eigenvalue weighted by Gasteiger charge is 2.14. The van der Waals surface area contributed by atoms with Crippen molar-refractivity contribution in [2.45, 2.75) is 6.54 Å². The third-order valence-corrected chi connectivity index (χ3v) is 3.30. The van der Waals surface area contributed by atoms with Crippen molar-refractivity contribution in [2.75, 3.05) is 7.05 Å². The van der Waals surface area contributed by atoms with Gasteiger partial charge in [-0.2, -0.15) is 0 Å². The van der Waals surface area contributed by atoms with Crippen molar-refractivity contribution in [2.24, 2.45) is 0 Å². The van der Waals surface area contributed by atoms with Crippen molar-refractivity contribution in [3.8, 4) is 0 Å². The summed E-state index contributed by atoms with van der Waals surface area (Å²) in [6.07, 6.45) is 1.55. The number of hydrogen-bond donors (Lipinski definition) is 0. The third kappa shape index (κ3) is 3.85. The van der Waals surface area contributed by atoms with Crippen LogP contribution in [0.15, 0.2) is 47.1 Å². The molecular formula is C14H12BrN3O3. The van der Waals surface area contributed by atoms with Crippen LogP contribution in [0.2, 0.25) is 0 Å². The number of non-ortho nitro benzene ring substituents is 1. The van der Waals surface area contributed by atoms with E-state index < -0.39 is 4.92 Å². The van der Waals surface area contributed by atoms with Gasteiger partial charge in [-0.1, -0.05) is 12.1 Å². The Balaban J connectivity index is 2.12. The molecule has 0 saturated carbocycles. The van der Waals surface area contributed by atoms with E-state index in [0.717, 1.165) is 4.47 Å². The molecule has 21 heavy (non-hydrogen) atoms. The average Bonchev–Trinajstić information content (AvgIpc) is 2.47. The number of halogens is 1. The van der Waals surface area contributed by atoms with E-state index in [4.69, 9.17) is 0 Å². The van der Waals surface area contributed by atoms with Crippen LogP contribution in [0.1, 0.15) is 16.1 Å². The molecule has 1 aromatic carbocycles. The molecule has 0 saturated heterocycles. The highest BCUT2D eigenvalue weighted by molar-refractivity contribution is 9.10. The SMILES string of the molecule is CN(Cc1cccc([N+](=O)[O-])c1)C(=O)c1ccc(Br)cn1. The van der Waals surface area contributed by atoms with Gasteiger partial charge in [0, 0.05) is 36.4 Å². The first-order chi connectivity index (χ1) is 9.97. The lowest BCUT2D eigenvalue weighted by atomic mass is 10.2. The average molecular weight is 350 g/mol. The number of carbonyl (C=O) groups excluding carboxylic acids is 1. The second-order valence-corrected chi connectivity index (χ2v) is 5.37. The minimum Gasteiger partial charge on any atom is -0.336 e. The highest BCUT2D eigenvalue weighted by atomic mass is 79.9. The van der Waals surface area contributed by atoms with Crippen molar-refractivity contribution in [3.05, 3.63) is 68.4 Å². The first-order valence-corrected chi connectivity index (χ1v) is 6.87.